The molecule has 6 heteroatoms. The molecule has 0 aromatic carbocycles. The van der Waals surface area contributed by atoms with Gasteiger partial charge < -0.3 is 1.43 Å². The Morgan fingerprint density at radius 1 is 1.23 bits per heavy atom. The first-order valence-electron chi connectivity index (χ1n) is 4.18. The molecule has 0 heterocycles. The van der Waals surface area contributed by atoms with Gasteiger partial charge in [-0.05, 0) is 6.42 Å². The fourth-order valence-corrected chi connectivity index (χ4v) is 1.20. The fourth-order valence-electron chi connectivity index (χ4n) is 0.870. The minimum absolute atomic E-state index is 0. The zero-order valence-corrected chi connectivity index (χ0v) is 11.1. The monoisotopic (exact) mass is 220 g/mol. The summed E-state index contributed by atoms with van der Waals surface area (Å²) in [6, 6.07) is 0. The van der Waals surface area contributed by atoms with E-state index in [0.717, 1.165) is 25.7 Å². The molecule has 0 aliphatic rings. The molecule has 0 aliphatic carbocycles. The van der Waals surface area contributed by atoms with E-state index in [9.17, 15) is 8.42 Å². The van der Waals surface area contributed by atoms with Crippen LogP contribution in [0.3, 0.4) is 0 Å². The molecule has 4 nitrogen and oxygen atoms in total. The van der Waals surface area contributed by atoms with Crippen LogP contribution in [-0.4, -0.2) is 19.6 Å². The molecule has 0 unspecified atom stereocenters. The molecular formula is C7H17NaO4S. The second-order valence-corrected chi connectivity index (χ2v) is 3.76. The number of hydrogen-bond acceptors (Lipinski definition) is 3. The minimum Gasteiger partial charge on any atom is -1.00 e. The van der Waals surface area contributed by atoms with Crippen molar-refractivity contribution in [1.82, 2.24) is 0 Å². The van der Waals surface area contributed by atoms with Gasteiger partial charge in [0.15, 0.2) is 0 Å². The fraction of sp³-hybridized carbons (Fsp3) is 1.00. The molecule has 0 saturated carbocycles. The molecule has 0 saturated heterocycles. The van der Waals surface area contributed by atoms with Crippen LogP contribution in [0.1, 0.15) is 40.5 Å². The molecule has 0 aromatic rings. The van der Waals surface area contributed by atoms with Crippen LogP contribution in [0.2, 0.25) is 0 Å². The Morgan fingerprint density at radius 2 is 1.77 bits per heavy atom. The molecule has 0 aliphatic heterocycles. The van der Waals surface area contributed by atoms with Crippen LogP contribution in [0.25, 0.3) is 0 Å². The van der Waals surface area contributed by atoms with Gasteiger partial charge in [-0.3, -0.25) is 4.55 Å². The van der Waals surface area contributed by atoms with E-state index in [1.807, 2.05) is 0 Å². The predicted octanol–water partition coefficient (Wildman–Crippen LogP) is -1.11. The topological polar surface area (TPSA) is 63.6 Å². The molecule has 0 bridgehead atoms. The van der Waals surface area contributed by atoms with E-state index in [-0.39, 0.29) is 37.6 Å². The van der Waals surface area contributed by atoms with E-state index in [1.54, 1.807) is 0 Å². The van der Waals surface area contributed by atoms with E-state index >= 15 is 0 Å². The number of unbranched alkanes of at least 4 members (excludes halogenated alkanes) is 4. The van der Waals surface area contributed by atoms with Crippen molar-refractivity contribution in [3.8, 4) is 0 Å². The summed E-state index contributed by atoms with van der Waals surface area (Å²) in [6.45, 7) is 2.19. The van der Waals surface area contributed by atoms with E-state index < -0.39 is 10.4 Å². The van der Waals surface area contributed by atoms with Crippen molar-refractivity contribution >= 4 is 10.4 Å². The van der Waals surface area contributed by atoms with Gasteiger partial charge in [0.1, 0.15) is 0 Å². The van der Waals surface area contributed by atoms with Crippen LogP contribution in [0.4, 0.5) is 0 Å². The second-order valence-electron chi connectivity index (χ2n) is 2.66. The largest absolute Gasteiger partial charge is 1.00 e. The van der Waals surface area contributed by atoms with Crippen molar-refractivity contribution in [1.29, 1.82) is 0 Å². The van der Waals surface area contributed by atoms with Crippen molar-refractivity contribution in [3.05, 3.63) is 0 Å². The first-order chi connectivity index (χ1) is 5.56. The van der Waals surface area contributed by atoms with Crippen LogP contribution < -0.4 is 29.6 Å². The van der Waals surface area contributed by atoms with Gasteiger partial charge in [-0.1, -0.05) is 32.6 Å². The van der Waals surface area contributed by atoms with Crippen LogP contribution in [0, 0.1) is 0 Å². The normalized spacial score (nSPS) is 10.9. The molecule has 13 heavy (non-hydrogen) atoms. The zero-order valence-electron chi connectivity index (χ0n) is 9.32. The average molecular weight is 220 g/mol. The van der Waals surface area contributed by atoms with Crippen LogP contribution >= 0.6 is 0 Å². The van der Waals surface area contributed by atoms with Gasteiger partial charge in [-0.25, -0.2) is 4.18 Å². The smallest absolute Gasteiger partial charge is 1.00 e. The van der Waals surface area contributed by atoms with Gasteiger partial charge in [-0.2, -0.15) is 8.42 Å². The molecule has 76 valence electrons. The number of hydrogen-bond donors (Lipinski definition) is 1. The number of rotatable bonds is 7. The quantitative estimate of drug-likeness (QED) is 0.336. The Morgan fingerprint density at radius 3 is 2.23 bits per heavy atom. The summed E-state index contributed by atoms with van der Waals surface area (Å²) in [5.41, 5.74) is 0. The van der Waals surface area contributed by atoms with Gasteiger partial charge in [0, 0.05) is 0 Å². The third-order valence-corrected chi connectivity index (χ3v) is 1.94. The Balaban J connectivity index is -0.000000605. The summed E-state index contributed by atoms with van der Waals surface area (Å²) in [4.78, 5) is 0. The van der Waals surface area contributed by atoms with Crippen LogP contribution in [0.15, 0.2) is 0 Å². The van der Waals surface area contributed by atoms with Gasteiger partial charge in [0.25, 0.3) is 0 Å². The maximum atomic E-state index is 10.1. The summed E-state index contributed by atoms with van der Waals surface area (Å²) < 4.78 is 32.4. The Bertz CT molecular complexity index is 196. The molecule has 0 spiro atoms. The summed E-state index contributed by atoms with van der Waals surface area (Å²) in [6.07, 6.45) is 5.03. The van der Waals surface area contributed by atoms with Gasteiger partial charge in [0.05, 0.1) is 6.61 Å². The Hall–Kier alpha value is 0.870. The Labute approximate surface area is 104 Å². The van der Waals surface area contributed by atoms with Gasteiger partial charge in [-0.15, -0.1) is 0 Å². The third kappa shape index (κ3) is 15.6. The van der Waals surface area contributed by atoms with Gasteiger partial charge >= 0.3 is 40.0 Å². The Kier molecular flexibility index (Phi) is 11.8. The van der Waals surface area contributed by atoms with E-state index in [2.05, 4.69) is 11.1 Å². The van der Waals surface area contributed by atoms with E-state index in [4.69, 9.17) is 4.55 Å². The summed E-state index contributed by atoms with van der Waals surface area (Å²) >= 11 is 0. The first-order valence-corrected chi connectivity index (χ1v) is 5.54. The van der Waals surface area contributed by atoms with E-state index in [1.165, 1.54) is 0 Å². The van der Waals surface area contributed by atoms with Crippen molar-refractivity contribution in [2.24, 2.45) is 0 Å². The first kappa shape index (κ1) is 16.3. The molecule has 0 aromatic heterocycles. The van der Waals surface area contributed by atoms with Crippen molar-refractivity contribution in [3.63, 3.8) is 0 Å². The third-order valence-electron chi connectivity index (χ3n) is 1.48. The maximum absolute atomic E-state index is 10.1. The average Bonchev–Trinajstić information content (AvgIpc) is 1.94. The second kappa shape index (κ2) is 9.43. The molecule has 0 amide bonds. The molecule has 0 fully saturated rings. The van der Waals surface area contributed by atoms with Crippen molar-refractivity contribution < 1.29 is 48.1 Å². The zero-order chi connectivity index (χ0) is 9.45. The van der Waals surface area contributed by atoms with Crippen LogP contribution in [0.5, 0.6) is 0 Å². The molecular weight excluding hydrogens is 203 g/mol. The van der Waals surface area contributed by atoms with Crippen molar-refractivity contribution in [2.75, 3.05) is 6.61 Å². The summed E-state index contributed by atoms with van der Waals surface area (Å²) in [7, 11) is -4.22. The summed E-state index contributed by atoms with van der Waals surface area (Å²) in [5, 5.41) is 0. The van der Waals surface area contributed by atoms with Gasteiger partial charge in [0.2, 0.25) is 0 Å². The summed E-state index contributed by atoms with van der Waals surface area (Å²) in [5.74, 6) is 0. The van der Waals surface area contributed by atoms with Crippen molar-refractivity contribution in [2.45, 2.75) is 39.0 Å². The maximum Gasteiger partial charge on any atom is 1.00 e. The van der Waals surface area contributed by atoms with Crippen LogP contribution in [-0.2, 0) is 14.6 Å². The molecule has 0 rings (SSSR count). The molecule has 1 N–H and O–H groups in total. The standard InChI is InChI=1S/C7H16O4S.Na.H/c1-2-3-4-5-6-7-11-12(8,9)10;;/h2-7H2,1H3,(H,8,9,10);;/q;+1;-1. The SMILES string of the molecule is CCCCCCCOS(=O)(=O)O.[H-].[Na+]. The molecule has 0 atom stereocenters. The predicted molar refractivity (Wildman–Crippen MR) is 47.4 cm³/mol. The molecule has 0 radical (unpaired) electrons. The minimum atomic E-state index is -4.22. The van der Waals surface area contributed by atoms with E-state index in [0.29, 0.717) is 6.42 Å².